The van der Waals surface area contributed by atoms with Gasteiger partial charge in [0.25, 0.3) is 0 Å². The summed E-state index contributed by atoms with van der Waals surface area (Å²) < 4.78 is 24.4. The molecule has 0 bridgehead atoms. The minimum Gasteiger partial charge on any atom is -0.496 e. The maximum atomic E-state index is 7.45. The van der Waals surface area contributed by atoms with Gasteiger partial charge in [-0.3, -0.25) is 0 Å². The molecule has 270 valence electrons. The summed E-state index contributed by atoms with van der Waals surface area (Å²) in [6.07, 6.45) is 0. The predicted molar refractivity (Wildman–Crippen MR) is 233 cm³/mol. The van der Waals surface area contributed by atoms with E-state index >= 15 is 0 Å². The molecule has 0 aliphatic carbocycles. The van der Waals surface area contributed by atoms with E-state index in [0.29, 0.717) is 0 Å². The summed E-state index contributed by atoms with van der Waals surface area (Å²) in [6, 6.07) is 65.7. The Morgan fingerprint density at radius 3 is 1.21 bits per heavy atom. The van der Waals surface area contributed by atoms with Gasteiger partial charge in [0.1, 0.15) is 5.75 Å². The molecule has 0 fully saturated rings. The minimum absolute atomic E-state index is 0.734. The van der Waals surface area contributed by atoms with Crippen LogP contribution in [0.3, 0.4) is 0 Å². The molecule has 0 radical (unpaired) electrons. The van der Waals surface area contributed by atoms with Crippen molar-refractivity contribution in [2.24, 2.45) is 0 Å². The first-order chi connectivity index (χ1) is 25.8. The Bertz CT molecular complexity index is 2070. The van der Waals surface area contributed by atoms with Crippen molar-refractivity contribution in [2.75, 3.05) is 21.3 Å². The Morgan fingerprint density at radius 2 is 0.774 bits per heavy atom. The summed E-state index contributed by atoms with van der Waals surface area (Å²) in [4.78, 5) is 0. The predicted octanol–water partition coefficient (Wildman–Crippen LogP) is 8.26. The van der Waals surface area contributed by atoms with Gasteiger partial charge in [0.15, 0.2) is 0 Å². The zero-order valence-electron chi connectivity index (χ0n) is 29.7. The van der Waals surface area contributed by atoms with Crippen LogP contribution < -0.4 is 33.8 Å². The van der Waals surface area contributed by atoms with Gasteiger partial charge in [-0.15, -0.1) is 0 Å². The molecular weight excluding hydrogens is 1160 g/mol. The summed E-state index contributed by atoms with van der Waals surface area (Å²) >= 11 is -3.74. The van der Waals surface area contributed by atoms with Gasteiger partial charge in [-0.1, -0.05) is 12.1 Å². The third kappa shape index (κ3) is 9.91. The molecule has 53 heavy (non-hydrogen) atoms. The number of halogens is 3. The Balaban J connectivity index is 0.000000167. The van der Waals surface area contributed by atoms with Crippen molar-refractivity contribution in [3.63, 3.8) is 0 Å². The minimum atomic E-state index is -4.80. The molecule has 8 heteroatoms. The number of hydrogen-bond acceptors (Lipinski definition) is 3. The summed E-state index contributed by atoms with van der Waals surface area (Å²) in [5.74, 6) is 2.62. The Labute approximate surface area is 338 Å². The number of para-hydroxylation sites is 3. The molecule has 7 aromatic carbocycles. The number of benzene rings is 7. The molecule has 0 N–H and O–H groups in total. The van der Waals surface area contributed by atoms with Gasteiger partial charge in [0.2, 0.25) is 0 Å². The average molecular weight is 1200 g/mol. The van der Waals surface area contributed by atoms with Gasteiger partial charge in [-0.2, -0.15) is 0 Å². The van der Waals surface area contributed by atoms with Crippen molar-refractivity contribution in [3.8, 4) is 17.2 Å². The van der Waals surface area contributed by atoms with E-state index in [1.165, 1.54) is 9.81 Å². The second kappa shape index (κ2) is 19.9. The van der Waals surface area contributed by atoms with Crippen molar-refractivity contribution in [3.05, 3.63) is 199 Å². The van der Waals surface area contributed by atoms with Crippen LogP contribution in [0.25, 0.3) is 0 Å². The molecule has 0 saturated heterocycles. The van der Waals surface area contributed by atoms with Crippen molar-refractivity contribution in [1.82, 2.24) is 0 Å². The van der Waals surface area contributed by atoms with Crippen molar-refractivity contribution < 1.29 is 14.2 Å². The van der Waals surface area contributed by atoms with Gasteiger partial charge < -0.3 is 4.74 Å². The molecule has 0 aliphatic rings. The Morgan fingerprint density at radius 1 is 0.415 bits per heavy atom. The van der Waals surface area contributed by atoms with E-state index in [9.17, 15) is 0 Å². The van der Waals surface area contributed by atoms with E-state index < -0.39 is 38.1 Å². The molecule has 0 spiro atoms. The van der Waals surface area contributed by atoms with E-state index in [4.69, 9.17) is 31.2 Å². The average Bonchev–Trinajstić information content (AvgIpc) is 3.23. The third-order valence-corrected chi connectivity index (χ3v) is 42.8. The summed E-state index contributed by atoms with van der Waals surface area (Å²) in [7, 11) is 20.0. The topological polar surface area (TPSA) is 27.7 Å². The Kier molecular flexibility index (Phi) is 15.4. The van der Waals surface area contributed by atoms with Crippen LogP contribution in [0, 0.1) is 0 Å². The smallest absolute Gasteiger partial charge is 0.133 e. The monoisotopic (exact) mass is 1200 g/mol. The number of rotatable bonds is 9. The van der Waals surface area contributed by atoms with Crippen LogP contribution in [0.4, 0.5) is 0 Å². The second-order valence-electron chi connectivity index (χ2n) is 11.6. The maximum Gasteiger partial charge on any atom is 0.133 e. The molecule has 0 saturated carbocycles. The van der Waals surface area contributed by atoms with E-state index in [-0.39, 0.29) is 0 Å². The van der Waals surface area contributed by atoms with Crippen LogP contribution in [-0.2, 0) is 0 Å². The SMILES string of the molecule is COc1cccc[c]1[Bi]([Cl])([Cl])([c]1ccccc1)[c]1ccccc1.COc1cccc[c]1[Bi]([c]1ccccc1)[c]1ccccc1.COc1ccccc1Br. The van der Waals surface area contributed by atoms with Crippen LogP contribution in [0.5, 0.6) is 17.2 Å². The van der Waals surface area contributed by atoms with Gasteiger partial charge in [0.05, 0.1) is 11.6 Å². The summed E-state index contributed by atoms with van der Waals surface area (Å²) in [5.41, 5.74) is 0. The molecule has 7 rings (SSSR count). The van der Waals surface area contributed by atoms with E-state index in [1.54, 1.807) is 21.3 Å². The quantitative estimate of drug-likeness (QED) is 0.137. The van der Waals surface area contributed by atoms with Crippen molar-refractivity contribution >= 4 is 90.7 Å². The molecule has 0 aliphatic heterocycles. The molecular formula is C45H41Bi2BrCl2O3. The van der Waals surface area contributed by atoms with Crippen molar-refractivity contribution in [2.45, 2.75) is 0 Å². The molecule has 0 atom stereocenters. The van der Waals surface area contributed by atoms with Crippen molar-refractivity contribution in [1.29, 1.82) is 0 Å². The maximum absolute atomic E-state index is 7.45. The first-order valence-corrected chi connectivity index (χ1v) is 36.6. The van der Waals surface area contributed by atoms with Gasteiger partial charge in [-0.25, -0.2) is 0 Å². The van der Waals surface area contributed by atoms with E-state index in [0.717, 1.165) is 31.5 Å². The zero-order valence-corrected chi connectivity index (χ0v) is 39.8. The van der Waals surface area contributed by atoms with Crippen LogP contribution in [-0.4, -0.2) is 59.5 Å². The van der Waals surface area contributed by atoms with Gasteiger partial charge in [-0.05, 0) is 28.1 Å². The first-order valence-electron chi connectivity index (χ1n) is 16.8. The fraction of sp³-hybridized carbons (Fsp3) is 0.0667. The van der Waals surface area contributed by atoms with E-state index in [2.05, 4.69) is 94.8 Å². The normalized spacial score (nSPS) is 11.4. The summed E-state index contributed by atoms with van der Waals surface area (Å²) in [5, 5.41) is 0. The third-order valence-electron chi connectivity index (χ3n) is 8.34. The van der Waals surface area contributed by atoms with E-state index in [1.807, 2.05) is 115 Å². The van der Waals surface area contributed by atoms with Crippen LogP contribution in [0.2, 0.25) is 0 Å². The zero-order chi connectivity index (χ0) is 37.5. The molecule has 0 amide bonds. The van der Waals surface area contributed by atoms with Gasteiger partial charge in [0, 0.05) is 0 Å². The molecule has 0 aromatic heterocycles. The number of ether oxygens (including phenoxy) is 3. The molecule has 3 nitrogen and oxygen atoms in total. The Hall–Kier alpha value is -3.23. The molecule has 0 heterocycles. The fourth-order valence-electron chi connectivity index (χ4n) is 5.77. The van der Waals surface area contributed by atoms with Crippen LogP contribution in [0.15, 0.2) is 199 Å². The van der Waals surface area contributed by atoms with Crippen LogP contribution >= 0.6 is 33.0 Å². The largest absolute Gasteiger partial charge is 0.496 e. The van der Waals surface area contributed by atoms with Gasteiger partial charge >= 0.3 is 280 Å². The number of methoxy groups -OCH3 is 3. The standard InChI is InChI=1S/C7H7BrO.2C7H7O.4C6H5.2Bi.2ClH/c1-9-7-5-3-2-4-6(7)8;2*1-8-7-5-3-2-4-6-7;4*1-2-4-6-5-3-1;;;;/h2-5H,1H3;2*2-5H,1H3;4*1-5H;;;2*1H/q;;;;;;;;+2;;/p-2. The number of hydrogen-bond donors (Lipinski definition) is 0. The first kappa shape index (κ1) is 40.9. The molecule has 0 unspecified atom stereocenters. The molecule has 7 aromatic rings. The fourth-order valence-corrected chi connectivity index (χ4v) is 34.2. The summed E-state index contributed by atoms with van der Waals surface area (Å²) in [6.45, 7) is 0. The second-order valence-corrected chi connectivity index (χ2v) is 47.2. The van der Waals surface area contributed by atoms with Crippen LogP contribution in [0.1, 0.15) is 0 Å².